The summed E-state index contributed by atoms with van der Waals surface area (Å²) >= 11 is 6.49. The van der Waals surface area contributed by atoms with Crippen LogP contribution in [0.3, 0.4) is 0 Å². The number of carbonyl (C=O) groups is 1. The van der Waals surface area contributed by atoms with Crippen molar-refractivity contribution in [3.8, 4) is 5.75 Å². The van der Waals surface area contributed by atoms with Crippen LogP contribution in [-0.4, -0.2) is 28.4 Å². The molecule has 5 nitrogen and oxygen atoms in total. The van der Waals surface area contributed by atoms with Crippen LogP contribution in [0.5, 0.6) is 5.75 Å². The minimum Gasteiger partial charge on any atom is -0.506 e. The number of likely N-dealkylation sites (N-methyl/N-ethyl adjacent to an activating group) is 1. The molecule has 0 saturated heterocycles. The van der Waals surface area contributed by atoms with Gasteiger partial charge in [-0.15, -0.1) is 0 Å². The Balaban J connectivity index is 2.44. The minimum absolute atomic E-state index is 0.114. The Morgan fingerprint density at radius 2 is 2.00 bits per heavy atom. The number of aliphatic imine (C=N–C) groups is 1. The lowest BCUT2D eigenvalue weighted by Crippen LogP contribution is -2.32. The predicted octanol–water partition coefficient (Wildman–Crippen LogP) is 2.43. The van der Waals surface area contributed by atoms with Crippen LogP contribution in [0.1, 0.15) is 12.5 Å². The van der Waals surface area contributed by atoms with Gasteiger partial charge in [0, 0.05) is 6.54 Å². The average molecular weight is 389 g/mol. The van der Waals surface area contributed by atoms with Crippen molar-refractivity contribution in [2.45, 2.75) is 6.92 Å². The third-order valence-corrected chi connectivity index (χ3v) is 3.87. The van der Waals surface area contributed by atoms with Gasteiger partial charge in [-0.3, -0.25) is 4.79 Å². The molecule has 2 rings (SSSR count). The highest BCUT2D eigenvalue weighted by Gasteiger charge is 2.26. The second-order valence-corrected chi connectivity index (χ2v) is 5.59. The van der Waals surface area contributed by atoms with Gasteiger partial charge < -0.3 is 15.7 Å². The molecule has 0 radical (unpaired) electrons. The van der Waals surface area contributed by atoms with Gasteiger partial charge in [-0.25, -0.2) is 0 Å². The molecule has 1 aromatic rings. The van der Waals surface area contributed by atoms with Crippen LogP contribution in [0.15, 0.2) is 31.8 Å². The van der Waals surface area contributed by atoms with Crippen LogP contribution in [0, 0.1) is 0 Å². The summed E-state index contributed by atoms with van der Waals surface area (Å²) in [7, 11) is 0. The number of rotatable bonds is 2. The largest absolute Gasteiger partial charge is 0.506 e. The Kier molecular flexibility index (Phi) is 3.96. The number of hydrogen-bond acceptors (Lipinski definition) is 4. The molecule has 0 atom stereocenters. The topological polar surface area (TPSA) is 78.9 Å². The molecule has 1 aliphatic heterocycles. The summed E-state index contributed by atoms with van der Waals surface area (Å²) < 4.78 is 1.08. The lowest BCUT2D eigenvalue weighted by molar-refractivity contribution is -0.114. The molecular formula is C12H11Br2N3O2. The third kappa shape index (κ3) is 2.66. The smallest absolute Gasteiger partial charge is 0.296 e. The van der Waals surface area contributed by atoms with Crippen molar-refractivity contribution < 1.29 is 9.90 Å². The molecule has 1 heterocycles. The van der Waals surface area contributed by atoms with Crippen LogP contribution in [-0.2, 0) is 4.79 Å². The molecule has 1 aliphatic rings. The number of phenols is 1. The van der Waals surface area contributed by atoms with Crippen molar-refractivity contribution in [1.82, 2.24) is 4.90 Å². The summed E-state index contributed by atoms with van der Waals surface area (Å²) in [4.78, 5) is 17.1. The second-order valence-electron chi connectivity index (χ2n) is 3.88. The summed E-state index contributed by atoms with van der Waals surface area (Å²) in [5.41, 5.74) is 6.84. The molecule has 0 saturated carbocycles. The lowest BCUT2D eigenvalue weighted by atomic mass is 10.1. The predicted molar refractivity (Wildman–Crippen MR) is 80.5 cm³/mol. The number of halogens is 2. The van der Waals surface area contributed by atoms with Crippen molar-refractivity contribution in [3.63, 3.8) is 0 Å². The number of benzene rings is 1. The number of guanidine groups is 1. The maximum Gasteiger partial charge on any atom is 0.296 e. The van der Waals surface area contributed by atoms with Crippen LogP contribution < -0.4 is 5.73 Å². The molecule has 0 aliphatic carbocycles. The van der Waals surface area contributed by atoms with Crippen molar-refractivity contribution in [2.24, 2.45) is 10.7 Å². The van der Waals surface area contributed by atoms with Gasteiger partial charge in [-0.05, 0) is 62.6 Å². The van der Waals surface area contributed by atoms with E-state index >= 15 is 0 Å². The monoisotopic (exact) mass is 387 g/mol. The summed E-state index contributed by atoms with van der Waals surface area (Å²) in [6.07, 6.45) is 1.68. The molecule has 0 aromatic heterocycles. The highest BCUT2D eigenvalue weighted by Crippen LogP contribution is 2.34. The van der Waals surface area contributed by atoms with Crippen molar-refractivity contribution in [2.75, 3.05) is 6.54 Å². The SMILES string of the molecule is CCN1C(=Cc2cc(Br)c(O)c(Br)c2)C(=O)N=C1N. The van der Waals surface area contributed by atoms with Gasteiger partial charge in [0.25, 0.3) is 5.91 Å². The Bertz CT molecular complexity index is 588. The van der Waals surface area contributed by atoms with Gasteiger partial charge in [0.15, 0.2) is 0 Å². The van der Waals surface area contributed by atoms with Crippen LogP contribution in [0.4, 0.5) is 0 Å². The van der Waals surface area contributed by atoms with Crippen LogP contribution in [0.2, 0.25) is 0 Å². The Labute approximate surface area is 127 Å². The highest BCUT2D eigenvalue weighted by atomic mass is 79.9. The van der Waals surface area contributed by atoms with E-state index in [1.807, 2.05) is 6.92 Å². The zero-order valence-corrected chi connectivity index (χ0v) is 13.2. The van der Waals surface area contributed by atoms with E-state index in [-0.39, 0.29) is 17.6 Å². The fraction of sp³-hybridized carbons (Fsp3) is 0.167. The highest BCUT2D eigenvalue weighted by molar-refractivity contribution is 9.11. The number of amides is 1. The molecule has 1 amide bonds. The Morgan fingerprint density at radius 1 is 1.42 bits per heavy atom. The molecule has 1 aromatic carbocycles. The summed E-state index contributed by atoms with van der Waals surface area (Å²) in [5.74, 6) is -0.0432. The summed E-state index contributed by atoms with van der Waals surface area (Å²) in [6.45, 7) is 2.45. The van der Waals surface area contributed by atoms with E-state index in [0.29, 0.717) is 21.2 Å². The van der Waals surface area contributed by atoms with E-state index in [2.05, 4.69) is 36.9 Å². The molecule has 7 heteroatoms. The molecule has 0 fully saturated rings. The molecule has 3 N–H and O–H groups in total. The first kappa shape index (κ1) is 14.1. The normalized spacial score (nSPS) is 17.2. The average Bonchev–Trinajstić information content (AvgIpc) is 2.60. The molecule has 0 unspecified atom stereocenters. The summed E-state index contributed by atoms with van der Waals surface area (Å²) in [5, 5.41) is 9.65. The maximum atomic E-state index is 11.7. The number of aromatic hydroxyl groups is 1. The lowest BCUT2D eigenvalue weighted by Gasteiger charge is -2.15. The minimum atomic E-state index is -0.361. The van der Waals surface area contributed by atoms with Gasteiger partial charge in [0.1, 0.15) is 11.4 Å². The Morgan fingerprint density at radius 3 is 2.53 bits per heavy atom. The molecular weight excluding hydrogens is 378 g/mol. The maximum absolute atomic E-state index is 11.7. The molecule has 0 spiro atoms. The number of phenolic OH excluding ortho intramolecular Hbond substituents is 1. The number of carbonyl (C=O) groups excluding carboxylic acids is 1. The fourth-order valence-electron chi connectivity index (χ4n) is 1.76. The van der Waals surface area contributed by atoms with E-state index in [1.54, 1.807) is 23.1 Å². The molecule has 100 valence electrons. The van der Waals surface area contributed by atoms with Crippen LogP contribution in [0.25, 0.3) is 6.08 Å². The first-order valence-corrected chi connectivity index (χ1v) is 7.08. The van der Waals surface area contributed by atoms with Gasteiger partial charge in [0.05, 0.1) is 8.95 Å². The van der Waals surface area contributed by atoms with E-state index in [1.165, 1.54) is 0 Å². The quantitative estimate of drug-likeness (QED) is 0.762. The van der Waals surface area contributed by atoms with E-state index in [4.69, 9.17) is 5.73 Å². The first-order valence-electron chi connectivity index (χ1n) is 5.49. The van der Waals surface area contributed by atoms with Gasteiger partial charge in [-0.2, -0.15) is 4.99 Å². The third-order valence-electron chi connectivity index (χ3n) is 2.66. The van der Waals surface area contributed by atoms with Crippen molar-refractivity contribution in [1.29, 1.82) is 0 Å². The van der Waals surface area contributed by atoms with Gasteiger partial charge in [-0.1, -0.05) is 0 Å². The summed E-state index contributed by atoms with van der Waals surface area (Å²) in [6, 6.07) is 3.42. The van der Waals surface area contributed by atoms with Crippen molar-refractivity contribution >= 4 is 49.8 Å². The standard InChI is InChI=1S/C12H11Br2N3O2/c1-2-17-9(11(19)16-12(17)15)5-6-3-7(13)10(18)8(14)4-6/h3-5,18H,2H2,1H3,(H2,15,16,19). The van der Waals surface area contributed by atoms with Crippen LogP contribution >= 0.6 is 31.9 Å². The van der Waals surface area contributed by atoms with E-state index in [9.17, 15) is 9.90 Å². The Hall–Kier alpha value is -1.34. The van der Waals surface area contributed by atoms with E-state index < -0.39 is 0 Å². The van der Waals surface area contributed by atoms with Gasteiger partial charge in [0.2, 0.25) is 5.96 Å². The first-order chi connectivity index (χ1) is 8.93. The number of nitrogens with two attached hydrogens (primary N) is 1. The number of nitrogens with zero attached hydrogens (tertiary/aromatic N) is 2. The fourth-order valence-corrected chi connectivity index (χ4v) is 2.98. The van der Waals surface area contributed by atoms with E-state index in [0.717, 1.165) is 5.56 Å². The number of hydrogen-bond donors (Lipinski definition) is 2. The zero-order chi connectivity index (χ0) is 14.2. The van der Waals surface area contributed by atoms with Gasteiger partial charge >= 0.3 is 0 Å². The molecule has 19 heavy (non-hydrogen) atoms. The van der Waals surface area contributed by atoms with Crippen molar-refractivity contribution in [3.05, 3.63) is 32.3 Å². The molecule has 0 bridgehead atoms. The zero-order valence-electron chi connectivity index (χ0n) is 10.0. The second kappa shape index (κ2) is 5.34.